The first-order valence-electron chi connectivity index (χ1n) is 6.48. The van der Waals surface area contributed by atoms with Crippen LogP contribution < -0.4 is 5.56 Å². The van der Waals surface area contributed by atoms with Crippen LogP contribution >= 0.6 is 15.9 Å². The van der Waals surface area contributed by atoms with E-state index in [2.05, 4.69) is 25.9 Å². The fourth-order valence-electron chi connectivity index (χ4n) is 2.54. The third kappa shape index (κ3) is 1.89. The number of benzene rings is 2. The SMILES string of the molecule is O=c1[nH]c2cc(Br)ccc2n2c(-c3ccccc3)ncc12. The Morgan fingerprint density at radius 3 is 2.67 bits per heavy atom. The van der Waals surface area contributed by atoms with E-state index in [9.17, 15) is 4.79 Å². The molecule has 0 unspecified atom stereocenters. The van der Waals surface area contributed by atoms with E-state index in [1.54, 1.807) is 6.20 Å². The Hall–Kier alpha value is -2.40. The molecule has 0 saturated carbocycles. The Morgan fingerprint density at radius 1 is 1.05 bits per heavy atom. The number of rotatable bonds is 1. The standard InChI is InChI=1S/C16H10BrN3O/c17-11-6-7-13-12(8-11)19-16(21)14-9-18-15(20(13)14)10-4-2-1-3-5-10/h1-9H,(H,19,21). The van der Waals surface area contributed by atoms with Crippen LogP contribution in [0.5, 0.6) is 0 Å². The first-order chi connectivity index (χ1) is 10.2. The van der Waals surface area contributed by atoms with Gasteiger partial charge in [-0.25, -0.2) is 4.98 Å². The summed E-state index contributed by atoms with van der Waals surface area (Å²) in [4.78, 5) is 19.5. The Morgan fingerprint density at radius 2 is 1.86 bits per heavy atom. The lowest BCUT2D eigenvalue weighted by molar-refractivity contribution is 1.17. The summed E-state index contributed by atoms with van der Waals surface area (Å²) in [5.41, 5.74) is 3.08. The smallest absolute Gasteiger partial charge is 0.274 e. The minimum absolute atomic E-state index is 0.143. The predicted octanol–water partition coefficient (Wildman–Crippen LogP) is 3.61. The summed E-state index contributed by atoms with van der Waals surface area (Å²) in [7, 11) is 0. The van der Waals surface area contributed by atoms with Crippen LogP contribution in [0.4, 0.5) is 0 Å². The van der Waals surface area contributed by atoms with Gasteiger partial charge in [-0.2, -0.15) is 0 Å². The van der Waals surface area contributed by atoms with Gasteiger partial charge >= 0.3 is 0 Å². The third-order valence-corrected chi connectivity index (χ3v) is 3.97. The monoisotopic (exact) mass is 339 g/mol. The summed E-state index contributed by atoms with van der Waals surface area (Å²) >= 11 is 3.43. The van der Waals surface area contributed by atoms with E-state index in [4.69, 9.17) is 0 Å². The van der Waals surface area contributed by atoms with E-state index in [-0.39, 0.29) is 5.56 Å². The molecule has 102 valence electrons. The molecule has 0 aliphatic heterocycles. The highest BCUT2D eigenvalue weighted by Gasteiger charge is 2.12. The van der Waals surface area contributed by atoms with Crippen LogP contribution in [0.15, 0.2) is 64.0 Å². The van der Waals surface area contributed by atoms with Crippen LogP contribution in [0.3, 0.4) is 0 Å². The molecule has 2 aromatic heterocycles. The zero-order valence-electron chi connectivity index (χ0n) is 10.9. The highest BCUT2D eigenvalue weighted by molar-refractivity contribution is 9.10. The van der Waals surface area contributed by atoms with Gasteiger partial charge in [0.05, 0.1) is 17.2 Å². The molecule has 0 bridgehead atoms. The maximum atomic E-state index is 12.2. The van der Waals surface area contributed by atoms with Gasteiger partial charge in [-0.3, -0.25) is 9.20 Å². The van der Waals surface area contributed by atoms with Gasteiger partial charge in [0.2, 0.25) is 0 Å². The first kappa shape index (κ1) is 12.3. The number of hydrogen-bond acceptors (Lipinski definition) is 2. The fraction of sp³-hybridized carbons (Fsp3) is 0. The normalized spacial score (nSPS) is 11.3. The largest absolute Gasteiger partial charge is 0.319 e. The van der Waals surface area contributed by atoms with Crippen molar-refractivity contribution >= 4 is 32.5 Å². The highest BCUT2D eigenvalue weighted by Crippen LogP contribution is 2.24. The zero-order chi connectivity index (χ0) is 14.4. The number of fused-ring (bicyclic) bond motifs is 3. The summed E-state index contributed by atoms with van der Waals surface area (Å²) in [5.74, 6) is 0.768. The molecule has 0 aliphatic carbocycles. The van der Waals surface area contributed by atoms with Gasteiger partial charge in [0.1, 0.15) is 11.3 Å². The van der Waals surface area contributed by atoms with Crippen molar-refractivity contribution in [2.24, 2.45) is 0 Å². The van der Waals surface area contributed by atoms with Crippen molar-refractivity contribution in [2.75, 3.05) is 0 Å². The molecule has 21 heavy (non-hydrogen) atoms. The molecule has 5 heteroatoms. The third-order valence-electron chi connectivity index (χ3n) is 3.47. The molecular weight excluding hydrogens is 330 g/mol. The number of halogens is 1. The zero-order valence-corrected chi connectivity index (χ0v) is 12.5. The van der Waals surface area contributed by atoms with Gasteiger partial charge in [-0.1, -0.05) is 46.3 Å². The van der Waals surface area contributed by atoms with Crippen LogP contribution in [0.25, 0.3) is 27.9 Å². The van der Waals surface area contributed by atoms with E-state index >= 15 is 0 Å². The van der Waals surface area contributed by atoms with E-state index in [0.717, 1.165) is 26.9 Å². The highest BCUT2D eigenvalue weighted by atomic mass is 79.9. The van der Waals surface area contributed by atoms with Gasteiger partial charge in [0.15, 0.2) is 0 Å². The van der Waals surface area contributed by atoms with Crippen molar-refractivity contribution in [2.45, 2.75) is 0 Å². The molecular formula is C16H10BrN3O. The lowest BCUT2D eigenvalue weighted by Crippen LogP contribution is -2.10. The lowest BCUT2D eigenvalue weighted by Gasteiger charge is -2.06. The molecule has 0 aliphatic rings. The quantitative estimate of drug-likeness (QED) is 0.576. The van der Waals surface area contributed by atoms with Crippen molar-refractivity contribution in [3.8, 4) is 11.4 Å². The van der Waals surface area contributed by atoms with Crippen LogP contribution in [-0.4, -0.2) is 14.4 Å². The Kier molecular flexibility index (Phi) is 2.68. The molecule has 0 amide bonds. The van der Waals surface area contributed by atoms with Crippen molar-refractivity contribution in [1.29, 1.82) is 0 Å². The Balaban J connectivity index is 2.20. The van der Waals surface area contributed by atoms with E-state index < -0.39 is 0 Å². The number of aromatic nitrogens is 3. The minimum Gasteiger partial charge on any atom is -0.319 e. The molecule has 4 nitrogen and oxygen atoms in total. The number of hydrogen-bond donors (Lipinski definition) is 1. The second-order valence-corrected chi connectivity index (χ2v) is 5.70. The second kappa shape index (κ2) is 4.56. The summed E-state index contributed by atoms with van der Waals surface area (Å²) in [6.45, 7) is 0. The van der Waals surface area contributed by atoms with Gasteiger partial charge < -0.3 is 4.98 Å². The van der Waals surface area contributed by atoms with Gasteiger partial charge in [0.25, 0.3) is 5.56 Å². The maximum absolute atomic E-state index is 12.2. The van der Waals surface area contributed by atoms with E-state index in [1.807, 2.05) is 52.9 Å². The molecule has 0 atom stereocenters. The first-order valence-corrected chi connectivity index (χ1v) is 7.28. The van der Waals surface area contributed by atoms with Crippen molar-refractivity contribution in [3.05, 3.63) is 69.6 Å². The number of H-pyrrole nitrogens is 1. The van der Waals surface area contributed by atoms with Crippen LogP contribution in [-0.2, 0) is 0 Å². The topological polar surface area (TPSA) is 50.2 Å². The molecule has 4 rings (SSSR count). The lowest BCUT2D eigenvalue weighted by atomic mass is 10.2. The fourth-order valence-corrected chi connectivity index (χ4v) is 2.90. The second-order valence-electron chi connectivity index (χ2n) is 4.78. The van der Waals surface area contributed by atoms with Gasteiger partial charge in [-0.15, -0.1) is 0 Å². The summed E-state index contributed by atoms with van der Waals surface area (Å²) in [5, 5.41) is 0. The van der Waals surface area contributed by atoms with Gasteiger partial charge in [0, 0.05) is 10.0 Å². The van der Waals surface area contributed by atoms with E-state index in [0.29, 0.717) is 5.52 Å². The van der Waals surface area contributed by atoms with E-state index in [1.165, 1.54) is 0 Å². The predicted molar refractivity (Wildman–Crippen MR) is 86.5 cm³/mol. The molecule has 0 saturated heterocycles. The Bertz CT molecular complexity index is 1020. The summed E-state index contributed by atoms with van der Waals surface area (Å²) < 4.78 is 2.82. The molecule has 1 N–H and O–H groups in total. The van der Waals surface area contributed by atoms with Crippen molar-refractivity contribution in [3.63, 3.8) is 0 Å². The van der Waals surface area contributed by atoms with Crippen LogP contribution in [0, 0.1) is 0 Å². The Labute approximate surface area is 128 Å². The number of imidazole rings is 1. The molecule has 0 fully saturated rings. The van der Waals surface area contributed by atoms with Crippen LogP contribution in [0.1, 0.15) is 0 Å². The maximum Gasteiger partial charge on any atom is 0.274 e. The average molecular weight is 340 g/mol. The molecule has 4 aromatic rings. The minimum atomic E-state index is -0.143. The molecule has 0 spiro atoms. The number of nitrogens with zero attached hydrogens (tertiary/aromatic N) is 2. The number of nitrogens with one attached hydrogen (secondary N) is 1. The molecule has 0 radical (unpaired) electrons. The molecule has 2 heterocycles. The van der Waals surface area contributed by atoms with Crippen LogP contribution in [0.2, 0.25) is 0 Å². The summed E-state index contributed by atoms with van der Waals surface area (Å²) in [6.07, 6.45) is 1.61. The number of aromatic amines is 1. The average Bonchev–Trinajstić information content (AvgIpc) is 2.93. The van der Waals surface area contributed by atoms with Crippen molar-refractivity contribution < 1.29 is 0 Å². The van der Waals surface area contributed by atoms with Crippen molar-refractivity contribution in [1.82, 2.24) is 14.4 Å². The molecule has 2 aromatic carbocycles. The summed E-state index contributed by atoms with van der Waals surface area (Å²) in [6, 6.07) is 15.7. The van der Waals surface area contributed by atoms with Gasteiger partial charge in [-0.05, 0) is 18.2 Å².